The summed E-state index contributed by atoms with van der Waals surface area (Å²) in [6, 6.07) is 4.60. The molecule has 1 aromatic rings. The van der Waals surface area contributed by atoms with Gasteiger partial charge in [-0.1, -0.05) is 29.3 Å². The zero-order chi connectivity index (χ0) is 13.2. The van der Waals surface area contributed by atoms with Crippen molar-refractivity contribution in [3.05, 3.63) is 28.2 Å². The van der Waals surface area contributed by atoms with Crippen LogP contribution in [0, 0.1) is 0 Å². The molecule has 0 heterocycles. The fraction of sp³-hybridized carbons (Fsp3) is 0.417. The number of urea groups is 1. The van der Waals surface area contributed by atoms with Crippen LogP contribution in [0.3, 0.4) is 0 Å². The third kappa shape index (κ3) is 3.07. The van der Waals surface area contributed by atoms with Crippen LogP contribution in [-0.2, 0) is 0 Å². The lowest BCUT2D eigenvalue weighted by Crippen LogP contribution is -2.48. The van der Waals surface area contributed by atoms with Crippen molar-refractivity contribution in [1.29, 1.82) is 0 Å². The number of hydrogen-bond acceptors (Lipinski definition) is 2. The molecule has 1 fully saturated rings. The van der Waals surface area contributed by atoms with Crippen LogP contribution in [0.4, 0.5) is 10.5 Å². The van der Waals surface area contributed by atoms with Gasteiger partial charge in [-0.05, 0) is 31.4 Å². The highest BCUT2D eigenvalue weighted by atomic mass is 35.5. The Morgan fingerprint density at radius 2 is 2.11 bits per heavy atom. The first-order valence-corrected chi connectivity index (χ1v) is 6.47. The van der Waals surface area contributed by atoms with Gasteiger partial charge in [-0.2, -0.15) is 0 Å². The van der Waals surface area contributed by atoms with E-state index in [0.717, 1.165) is 19.3 Å². The van der Waals surface area contributed by atoms with Gasteiger partial charge in [-0.15, -0.1) is 0 Å². The summed E-state index contributed by atoms with van der Waals surface area (Å²) in [6.45, 7) is 0.247. The summed E-state index contributed by atoms with van der Waals surface area (Å²) in [4.78, 5) is 11.6. The van der Waals surface area contributed by atoms with Gasteiger partial charge in [0.25, 0.3) is 0 Å². The maximum absolute atomic E-state index is 11.6. The van der Waals surface area contributed by atoms with Gasteiger partial charge in [-0.3, -0.25) is 0 Å². The Morgan fingerprint density at radius 3 is 2.72 bits per heavy atom. The first-order chi connectivity index (χ1) is 8.50. The number of carbonyl (C=O) groups excluding carboxylic acids is 1. The third-order valence-corrected chi connectivity index (χ3v) is 3.88. The van der Waals surface area contributed by atoms with Crippen molar-refractivity contribution in [1.82, 2.24) is 5.32 Å². The molecule has 1 aliphatic rings. The predicted octanol–water partition coefficient (Wildman–Crippen LogP) is 3.03. The lowest BCUT2D eigenvalue weighted by molar-refractivity contribution is -0.0287. The first kappa shape index (κ1) is 13.5. The zero-order valence-electron chi connectivity index (χ0n) is 9.67. The van der Waals surface area contributed by atoms with E-state index in [4.69, 9.17) is 23.2 Å². The normalized spacial score (nSPS) is 16.8. The summed E-state index contributed by atoms with van der Waals surface area (Å²) in [6.07, 6.45) is 2.45. The van der Waals surface area contributed by atoms with E-state index in [2.05, 4.69) is 10.6 Å². The monoisotopic (exact) mass is 288 g/mol. The van der Waals surface area contributed by atoms with Crippen LogP contribution in [-0.4, -0.2) is 23.3 Å². The van der Waals surface area contributed by atoms with Crippen molar-refractivity contribution in [2.45, 2.75) is 24.9 Å². The fourth-order valence-corrected chi connectivity index (χ4v) is 2.12. The van der Waals surface area contributed by atoms with E-state index in [1.807, 2.05) is 0 Å². The largest absolute Gasteiger partial charge is 0.388 e. The van der Waals surface area contributed by atoms with Crippen molar-refractivity contribution < 1.29 is 9.90 Å². The molecular weight excluding hydrogens is 275 g/mol. The molecule has 0 atom stereocenters. The topological polar surface area (TPSA) is 61.4 Å². The molecule has 1 saturated carbocycles. The minimum Gasteiger partial charge on any atom is -0.388 e. The van der Waals surface area contributed by atoms with Crippen LogP contribution in [0.1, 0.15) is 19.3 Å². The van der Waals surface area contributed by atoms with Crippen LogP contribution in [0.5, 0.6) is 0 Å². The summed E-state index contributed by atoms with van der Waals surface area (Å²) >= 11 is 11.8. The van der Waals surface area contributed by atoms with Gasteiger partial charge >= 0.3 is 6.03 Å². The van der Waals surface area contributed by atoms with Gasteiger partial charge in [0.05, 0.1) is 21.3 Å². The van der Waals surface area contributed by atoms with Crippen LogP contribution in [0.15, 0.2) is 18.2 Å². The van der Waals surface area contributed by atoms with Crippen molar-refractivity contribution in [3.63, 3.8) is 0 Å². The maximum atomic E-state index is 11.6. The molecule has 3 N–H and O–H groups in total. The van der Waals surface area contributed by atoms with Crippen LogP contribution < -0.4 is 10.6 Å². The van der Waals surface area contributed by atoms with Crippen molar-refractivity contribution in [2.75, 3.05) is 11.9 Å². The summed E-state index contributed by atoms with van der Waals surface area (Å²) < 4.78 is 0. The van der Waals surface area contributed by atoms with Crippen LogP contribution >= 0.6 is 23.2 Å². The van der Waals surface area contributed by atoms with Gasteiger partial charge in [0, 0.05) is 6.54 Å². The van der Waals surface area contributed by atoms with E-state index in [1.54, 1.807) is 18.2 Å². The molecule has 0 aliphatic heterocycles. The molecule has 1 aromatic carbocycles. The Kier molecular flexibility index (Phi) is 4.00. The Hall–Kier alpha value is -0.970. The van der Waals surface area contributed by atoms with Crippen molar-refractivity contribution >= 4 is 34.9 Å². The number of halogens is 2. The average Bonchev–Trinajstić information content (AvgIpc) is 2.30. The van der Waals surface area contributed by atoms with Gasteiger partial charge in [0.2, 0.25) is 0 Å². The Bertz CT molecular complexity index is 461. The van der Waals surface area contributed by atoms with Crippen molar-refractivity contribution in [3.8, 4) is 0 Å². The number of hydrogen-bond donors (Lipinski definition) is 3. The highest BCUT2D eigenvalue weighted by Crippen LogP contribution is 2.31. The molecular formula is C12H14Cl2N2O2. The molecule has 2 amide bonds. The highest BCUT2D eigenvalue weighted by Gasteiger charge is 2.34. The van der Waals surface area contributed by atoms with E-state index >= 15 is 0 Å². The minimum atomic E-state index is -0.741. The molecule has 2 rings (SSSR count). The number of rotatable bonds is 3. The standard InChI is InChI=1S/C12H14Cl2N2O2/c13-8-3-1-4-9(10(8)14)16-11(17)15-7-12(18)5-2-6-12/h1,3-4,18H,2,5-7H2,(H2,15,16,17). The van der Waals surface area contributed by atoms with E-state index in [-0.39, 0.29) is 6.54 Å². The number of aliphatic hydroxyl groups is 1. The minimum absolute atomic E-state index is 0.247. The number of carbonyl (C=O) groups is 1. The SMILES string of the molecule is O=C(NCC1(O)CCC1)Nc1cccc(Cl)c1Cl. The summed E-state index contributed by atoms with van der Waals surface area (Å²) in [7, 11) is 0. The second-order valence-electron chi connectivity index (χ2n) is 4.49. The number of nitrogens with one attached hydrogen (secondary N) is 2. The van der Waals surface area contributed by atoms with E-state index < -0.39 is 11.6 Å². The number of amides is 2. The van der Waals surface area contributed by atoms with E-state index in [1.165, 1.54) is 0 Å². The molecule has 4 nitrogen and oxygen atoms in total. The predicted molar refractivity (Wildman–Crippen MR) is 72.3 cm³/mol. The molecule has 0 saturated heterocycles. The number of anilines is 1. The molecule has 18 heavy (non-hydrogen) atoms. The van der Waals surface area contributed by atoms with Gasteiger partial charge < -0.3 is 15.7 Å². The number of benzene rings is 1. The molecule has 0 bridgehead atoms. The Balaban J connectivity index is 1.89. The van der Waals surface area contributed by atoms with Gasteiger partial charge in [0.1, 0.15) is 0 Å². The Morgan fingerprint density at radius 1 is 1.39 bits per heavy atom. The quantitative estimate of drug-likeness (QED) is 0.801. The molecule has 0 spiro atoms. The molecule has 98 valence electrons. The second-order valence-corrected chi connectivity index (χ2v) is 5.27. The lowest BCUT2D eigenvalue weighted by Gasteiger charge is -2.36. The summed E-state index contributed by atoms with van der Waals surface area (Å²) in [5.41, 5.74) is -0.294. The molecule has 1 aliphatic carbocycles. The average molecular weight is 289 g/mol. The van der Waals surface area contributed by atoms with Gasteiger partial charge in [0.15, 0.2) is 0 Å². The zero-order valence-corrected chi connectivity index (χ0v) is 11.2. The first-order valence-electron chi connectivity index (χ1n) is 5.71. The molecule has 0 unspecified atom stereocenters. The summed E-state index contributed by atoms with van der Waals surface area (Å²) in [5.74, 6) is 0. The summed E-state index contributed by atoms with van der Waals surface area (Å²) in [5, 5.41) is 15.7. The molecule has 6 heteroatoms. The smallest absolute Gasteiger partial charge is 0.319 e. The molecule has 0 radical (unpaired) electrons. The molecule has 0 aromatic heterocycles. The maximum Gasteiger partial charge on any atom is 0.319 e. The van der Waals surface area contributed by atoms with E-state index in [9.17, 15) is 9.90 Å². The highest BCUT2D eigenvalue weighted by molar-refractivity contribution is 6.43. The lowest BCUT2D eigenvalue weighted by atomic mass is 9.80. The van der Waals surface area contributed by atoms with Crippen LogP contribution in [0.25, 0.3) is 0 Å². The van der Waals surface area contributed by atoms with Gasteiger partial charge in [-0.25, -0.2) is 4.79 Å². The van der Waals surface area contributed by atoms with Crippen LogP contribution in [0.2, 0.25) is 10.0 Å². The van der Waals surface area contributed by atoms with Crippen molar-refractivity contribution in [2.24, 2.45) is 0 Å². The second kappa shape index (κ2) is 5.34. The Labute approximate surface area is 115 Å². The fourth-order valence-electron chi connectivity index (χ4n) is 1.77. The third-order valence-electron chi connectivity index (χ3n) is 3.06. The van der Waals surface area contributed by atoms with E-state index in [0.29, 0.717) is 15.7 Å².